The maximum atomic E-state index is 12.0. The maximum absolute atomic E-state index is 12.0. The van der Waals surface area contributed by atoms with Gasteiger partial charge in [0, 0.05) is 0 Å². The molecule has 1 aromatic rings. The molecule has 5 nitrogen and oxygen atoms in total. The van der Waals surface area contributed by atoms with Gasteiger partial charge in [0.2, 0.25) is 5.91 Å². The summed E-state index contributed by atoms with van der Waals surface area (Å²) in [6.45, 7) is 4.03. The molecular formula is C16H20N2O3. The molecule has 5 heteroatoms. The summed E-state index contributed by atoms with van der Waals surface area (Å²) in [6, 6.07) is 6.80. The molecule has 2 rings (SSSR count). The smallest absolute Gasteiger partial charge is 0.268 e. The number of piperazine rings is 1. The second-order valence-electron chi connectivity index (χ2n) is 5.48. The van der Waals surface area contributed by atoms with Crippen molar-refractivity contribution in [2.45, 2.75) is 26.3 Å². The van der Waals surface area contributed by atoms with Crippen LogP contribution in [-0.4, -0.2) is 25.0 Å². The molecule has 0 aromatic heterocycles. The molecule has 112 valence electrons. The van der Waals surface area contributed by atoms with Gasteiger partial charge in [0.15, 0.2) is 0 Å². The van der Waals surface area contributed by atoms with Crippen molar-refractivity contribution in [3.63, 3.8) is 0 Å². The van der Waals surface area contributed by atoms with E-state index in [0.717, 1.165) is 11.3 Å². The van der Waals surface area contributed by atoms with Crippen LogP contribution in [0.1, 0.15) is 25.8 Å². The first kappa shape index (κ1) is 15.1. The van der Waals surface area contributed by atoms with Crippen molar-refractivity contribution < 1.29 is 14.3 Å². The minimum Gasteiger partial charge on any atom is -0.497 e. The third-order valence-corrected chi connectivity index (χ3v) is 3.26. The highest BCUT2D eigenvalue weighted by Crippen LogP contribution is 2.15. The van der Waals surface area contributed by atoms with Crippen LogP contribution in [0, 0.1) is 5.92 Å². The Morgan fingerprint density at radius 1 is 1.24 bits per heavy atom. The molecule has 1 aliphatic heterocycles. The van der Waals surface area contributed by atoms with Gasteiger partial charge in [-0.1, -0.05) is 26.0 Å². The van der Waals surface area contributed by atoms with Crippen LogP contribution >= 0.6 is 0 Å². The van der Waals surface area contributed by atoms with Crippen LogP contribution in [0.4, 0.5) is 0 Å². The molecule has 21 heavy (non-hydrogen) atoms. The number of carbonyl (C=O) groups excluding carboxylic acids is 2. The van der Waals surface area contributed by atoms with Crippen LogP contribution in [0.5, 0.6) is 5.75 Å². The number of hydrogen-bond donors (Lipinski definition) is 2. The Morgan fingerprint density at radius 3 is 2.48 bits per heavy atom. The summed E-state index contributed by atoms with van der Waals surface area (Å²) in [5, 5.41) is 5.42. The van der Waals surface area contributed by atoms with E-state index in [2.05, 4.69) is 10.6 Å². The summed E-state index contributed by atoms with van der Waals surface area (Å²) in [5.74, 6) is 0.665. The second-order valence-corrected chi connectivity index (χ2v) is 5.48. The summed E-state index contributed by atoms with van der Waals surface area (Å²) >= 11 is 0. The van der Waals surface area contributed by atoms with E-state index in [4.69, 9.17) is 4.74 Å². The molecule has 2 N–H and O–H groups in total. The molecule has 2 amide bonds. The van der Waals surface area contributed by atoms with Crippen molar-refractivity contribution in [2.75, 3.05) is 7.11 Å². The van der Waals surface area contributed by atoms with Gasteiger partial charge in [0.05, 0.1) is 7.11 Å². The Hall–Kier alpha value is -2.30. The Morgan fingerprint density at radius 2 is 1.90 bits per heavy atom. The van der Waals surface area contributed by atoms with Crippen molar-refractivity contribution in [2.24, 2.45) is 5.92 Å². The number of ether oxygens (including phenoxy) is 1. The normalized spacial score (nSPS) is 20.4. The first-order valence-electron chi connectivity index (χ1n) is 6.97. The van der Waals surface area contributed by atoms with E-state index in [1.54, 1.807) is 25.3 Å². The molecule has 1 atom stereocenters. The topological polar surface area (TPSA) is 67.4 Å². The summed E-state index contributed by atoms with van der Waals surface area (Å²) < 4.78 is 5.08. The zero-order valence-electron chi connectivity index (χ0n) is 12.5. The summed E-state index contributed by atoms with van der Waals surface area (Å²) in [4.78, 5) is 24.0. The van der Waals surface area contributed by atoms with Crippen molar-refractivity contribution in [1.29, 1.82) is 0 Å². The Kier molecular flexibility index (Phi) is 4.62. The SMILES string of the molecule is COc1ccc(/C=C2/NC(=O)[C@@H](CC(C)C)NC2=O)cc1. The maximum Gasteiger partial charge on any atom is 0.268 e. The lowest BCUT2D eigenvalue weighted by Gasteiger charge is -2.26. The van der Waals surface area contributed by atoms with E-state index in [1.165, 1.54) is 0 Å². The zero-order valence-corrected chi connectivity index (χ0v) is 12.5. The molecule has 1 saturated heterocycles. The largest absolute Gasteiger partial charge is 0.497 e. The first-order valence-corrected chi connectivity index (χ1v) is 6.97. The molecule has 1 heterocycles. The minimum atomic E-state index is -0.453. The molecule has 1 aromatic carbocycles. The number of hydrogen-bond acceptors (Lipinski definition) is 3. The highest BCUT2D eigenvalue weighted by atomic mass is 16.5. The van der Waals surface area contributed by atoms with Gasteiger partial charge < -0.3 is 15.4 Å². The van der Waals surface area contributed by atoms with Gasteiger partial charge in [-0.15, -0.1) is 0 Å². The fraction of sp³-hybridized carbons (Fsp3) is 0.375. The Labute approximate surface area is 124 Å². The van der Waals surface area contributed by atoms with Crippen molar-refractivity contribution >= 4 is 17.9 Å². The van der Waals surface area contributed by atoms with Gasteiger partial charge in [-0.25, -0.2) is 0 Å². The Bertz CT molecular complexity index is 561. The molecule has 1 aliphatic rings. The van der Waals surface area contributed by atoms with Crippen LogP contribution in [0.3, 0.4) is 0 Å². The minimum absolute atomic E-state index is 0.164. The zero-order chi connectivity index (χ0) is 15.4. The highest BCUT2D eigenvalue weighted by Gasteiger charge is 2.29. The second kappa shape index (κ2) is 6.43. The number of rotatable bonds is 4. The fourth-order valence-electron chi connectivity index (χ4n) is 2.18. The molecule has 1 fully saturated rings. The average Bonchev–Trinajstić information content (AvgIpc) is 2.44. The summed E-state index contributed by atoms with van der Waals surface area (Å²) in [5.41, 5.74) is 1.09. The third kappa shape index (κ3) is 3.84. The van der Waals surface area contributed by atoms with E-state index >= 15 is 0 Å². The fourth-order valence-corrected chi connectivity index (χ4v) is 2.18. The monoisotopic (exact) mass is 288 g/mol. The quantitative estimate of drug-likeness (QED) is 0.829. The van der Waals surface area contributed by atoms with Gasteiger partial charge in [0.1, 0.15) is 17.5 Å². The van der Waals surface area contributed by atoms with Crippen LogP contribution in [0.15, 0.2) is 30.0 Å². The molecule has 0 unspecified atom stereocenters. The van der Waals surface area contributed by atoms with Gasteiger partial charge in [0.25, 0.3) is 5.91 Å². The number of carbonyl (C=O) groups is 2. The highest BCUT2D eigenvalue weighted by molar-refractivity contribution is 6.07. The number of benzene rings is 1. The van der Waals surface area contributed by atoms with E-state index in [-0.39, 0.29) is 17.5 Å². The molecule has 0 radical (unpaired) electrons. The van der Waals surface area contributed by atoms with Crippen LogP contribution in [0.2, 0.25) is 0 Å². The number of amides is 2. The van der Waals surface area contributed by atoms with Crippen molar-refractivity contribution in [3.05, 3.63) is 35.5 Å². The first-order chi connectivity index (χ1) is 9.99. The number of methoxy groups -OCH3 is 1. The molecule has 0 aliphatic carbocycles. The van der Waals surface area contributed by atoms with E-state index in [1.807, 2.05) is 26.0 Å². The molecule has 0 spiro atoms. The van der Waals surface area contributed by atoms with E-state index < -0.39 is 6.04 Å². The summed E-state index contributed by atoms with van der Waals surface area (Å²) in [7, 11) is 1.59. The number of nitrogens with one attached hydrogen (secondary N) is 2. The molecule has 0 bridgehead atoms. The lowest BCUT2D eigenvalue weighted by molar-refractivity contribution is -0.131. The lowest BCUT2D eigenvalue weighted by atomic mass is 10.0. The standard InChI is InChI=1S/C16H20N2O3/c1-10(2)8-13-15(19)18-14(16(20)17-13)9-11-4-6-12(21-3)7-5-11/h4-7,9-10,13H,8H2,1-3H3,(H,17,20)(H,18,19)/b14-9+/t13-/m1/s1. The van der Waals surface area contributed by atoms with Crippen molar-refractivity contribution in [1.82, 2.24) is 10.6 Å². The predicted molar refractivity (Wildman–Crippen MR) is 80.5 cm³/mol. The van der Waals surface area contributed by atoms with Crippen LogP contribution < -0.4 is 15.4 Å². The van der Waals surface area contributed by atoms with Gasteiger partial charge >= 0.3 is 0 Å². The average molecular weight is 288 g/mol. The third-order valence-electron chi connectivity index (χ3n) is 3.26. The van der Waals surface area contributed by atoms with Gasteiger partial charge in [-0.3, -0.25) is 9.59 Å². The van der Waals surface area contributed by atoms with Crippen LogP contribution in [-0.2, 0) is 9.59 Å². The van der Waals surface area contributed by atoms with Crippen molar-refractivity contribution in [3.8, 4) is 5.75 Å². The van der Waals surface area contributed by atoms with Crippen LogP contribution in [0.25, 0.3) is 6.08 Å². The molecule has 0 saturated carbocycles. The predicted octanol–water partition coefficient (Wildman–Crippen LogP) is 1.70. The molecular weight excluding hydrogens is 268 g/mol. The van der Waals surface area contributed by atoms with Gasteiger partial charge in [-0.2, -0.15) is 0 Å². The van der Waals surface area contributed by atoms with E-state index in [9.17, 15) is 9.59 Å². The summed E-state index contributed by atoms with van der Waals surface area (Å²) in [6.07, 6.45) is 2.28. The Balaban J connectivity index is 2.12. The lowest BCUT2D eigenvalue weighted by Crippen LogP contribution is -2.55. The van der Waals surface area contributed by atoms with Gasteiger partial charge in [-0.05, 0) is 36.1 Å². The van der Waals surface area contributed by atoms with E-state index in [0.29, 0.717) is 12.3 Å².